The minimum absolute atomic E-state index is 0.213. The highest BCUT2D eigenvalue weighted by atomic mass is 16.5. The second-order valence-electron chi connectivity index (χ2n) is 6.71. The van der Waals surface area contributed by atoms with Crippen LogP contribution in [-0.4, -0.2) is 41.8 Å². The lowest BCUT2D eigenvalue weighted by molar-refractivity contribution is -0.137. The number of benzene rings is 2. The summed E-state index contributed by atoms with van der Waals surface area (Å²) in [6.45, 7) is 5.59. The van der Waals surface area contributed by atoms with E-state index in [1.54, 1.807) is 7.11 Å². The molecule has 0 bridgehead atoms. The summed E-state index contributed by atoms with van der Waals surface area (Å²) in [5, 5.41) is 0. The summed E-state index contributed by atoms with van der Waals surface area (Å²) in [6.07, 6.45) is 0.728. The molecule has 0 N–H and O–H groups in total. The first-order valence-electron chi connectivity index (χ1n) is 9.64. The molecule has 0 aliphatic carbocycles. The minimum atomic E-state index is -0.224. The number of nitrogens with zero attached hydrogens (tertiary/aromatic N) is 2. The van der Waals surface area contributed by atoms with Crippen LogP contribution in [0.3, 0.4) is 0 Å². The summed E-state index contributed by atoms with van der Waals surface area (Å²) in [5.41, 5.74) is 2.79. The van der Waals surface area contributed by atoms with Crippen molar-refractivity contribution in [1.82, 2.24) is 9.80 Å². The van der Waals surface area contributed by atoms with Crippen LogP contribution < -0.4 is 4.74 Å². The summed E-state index contributed by atoms with van der Waals surface area (Å²) in [6, 6.07) is 17.3. The zero-order valence-electron chi connectivity index (χ0n) is 16.6. The molecule has 0 fully saturated rings. The van der Waals surface area contributed by atoms with Gasteiger partial charge in [0, 0.05) is 19.6 Å². The lowest BCUT2D eigenvalue weighted by Crippen LogP contribution is -2.35. The maximum atomic E-state index is 13.2. The van der Waals surface area contributed by atoms with Crippen LogP contribution in [0.1, 0.15) is 31.4 Å². The Bertz CT molecular complexity index is 872. The molecule has 5 nitrogen and oxygen atoms in total. The normalized spacial score (nSPS) is 14.0. The van der Waals surface area contributed by atoms with E-state index in [0.29, 0.717) is 36.7 Å². The van der Waals surface area contributed by atoms with Gasteiger partial charge in [-0.05, 0) is 36.6 Å². The van der Waals surface area contributed by atoms with E-state index in [2.05, 4.69) is 0 Å². The van der Waals surface area contributed by atoms with Gasteiger partial charge in [-0.25, -0.2) is 0 Å². The molecule has 28 heavy (non-hydrogen) atoms. The molecule has 0 saturated heterocycles. The first-order chi connectivity index (χ1) is 13.6. The molecule has 0 radical (unpaired) electrons. The Hall–Kier alpha value is -3.08. The van der Waals surface area contributed by atoms with Crippen molar-refractivity contribution in [3.8, 4) is 5.75 Å². The molecule has 0 saturated carbocycles. The third-order valence-electron chi connectivity index (χ3n) is 4.88. The van der Waals surface area contributed by atoms with E-state index in [1.807, 2.05) is 73.3 Å². The van der Waals surface area contributed by atoms with Crippen LogP contribution >= 0.6 is 0 Å². The highest BCUT2D eigenvalue weighted by molar-refractivity contribution is 6.35. The van der Waals surface area contributed by atoms with Gasteiger partial charge in [0.2, 0.25) is 0 Å². The SMILES string of the molecule is CCCN1C(=O)C(c2ccc(OC)cc2)=C(N(CC)Cc2ccccc2)C1=O. The molecule has 2 aromatic rings. The average Bonchev–Trinajstić information content (AvgIpc) is 2.98. The summed E-state index contributed by atoms with van der Waals surface area (Å²) >= 11 is 0. The second-order valence-corrected chi connectivity index (χ2v) is 6.71. The van der Waals surface area contributed by atoms with E-state index >= 15 is 0 Å². The molecule has 0 spiro atoms. The zero-order chi connectivity index (χ0) is 20.1. The maximum Gasteiger partial charge on any atom is 0.277 e. The van der Waals surface area contributed by atoms with Crippen LogP contribution in [0.25, 0.3) is 5.57 Å². The summed E-state index contributed by atoms with van der Waals surface area (Å²) in [4.78, 5) is 29.7. The maximum absolute atomic E-state index is 13.2. The van der Waals surface area contributed by atoms with Crippen molar-refractivity contribution in [3.05, 3.63) is 71.4 Å². The number of amides is 2. The molecule has 146 valence electrons. The van der Waals surface area contributed by atoms with Gasteiger partial charge in [0.1, 0.15) is 11.4 Å². The Morgan fingerprint density at radius 1 is 0.929 bits per heavy atom. The number of carbonyl (C=O) groups excluding carboxylic acids is 2. The fourth-order valence-electron chi connectivity index (χ4n) is 3.45. The van der Waals surface area contributed by atoms with E-state index in [0.717, 1.165) is 17.5 Å². The molecule has 2 amide bonds. The number of hydrogen-bond donors (Lipinski definition) is 0. The van der Waals surface area contributed by atoms with Gasteiger partial charge in [0.15, 0.2) is 0 Å². The van der Waals surface area contributed by atoms with Crippen molar-refractivity contribution in [2.75, 3.05) is 20.2 Å². The largest absolute Gasteiger partial charge is 0.497 e. The fraction of sp³-hybridized carbons (Fsp3) is 0.304. The highest BCUT2D eigenvalue weighted by Crippen LogP contribution is 2.33. The second kappa shape index (κ2) is 8.74. The molecule has 0 aromatic heterocycles. The van der Waals surface area contributed by atoms with Crippen LogP contribution in [-0.2, 0) is 16.1 Å². The van der Waals surface area contributed by atoms with Gasteiger partial charge < -0.3 is 9.64 Å². The number of likely N-dealkylation sites (N-methyl/N-ethyl adjacent to an activating group) is 1. The van der Waals surface area contributed by atoms with Crippen molar-refractivity contribution in [3.63, 3.8) is 0 Å². The lowest BCUT2D eigenvalue weighted by Gasteiger charge is -2.25. The third kappa shape index (κ3) is 3.79. The number of rotatable bonds is 8. The van der Waals surface area contributed by atoms with E-state index in [-0.39, 0.29) is 11.8 Å². The van der Waals surface area contributed by atoms with Crippen molar-refractivity contribution in [2.45, 2.75) is 26.8 Å². The standard InChI is InChI=1S/C23H26N2O3/c1-4-15-25-22(26)20(18-11-13-19(28-3)14-12-18)21(23(25)27)24(5-2)16-17-9-7-6-8-10-17/h6-14H,4-5,15-16H2,1-3H3. The van der Waals surface area contributed by atoms with Crippen LogP contribution in [0.15, 0.2) is 60.3 Å². The quantitative estimate of drug-likeness (QED) is 0.657. The predicted octanol–water partition coefficient (Wildman–Crippen LogP) is 3.71. The van der Waals surface area contributed by atoms with Crippen molar-refractivity contribution < 1.29 is 14.3 Å². The van der Waals surface area contributed by atoms with Crippen molar-refractivity contribution >= 4 is 17.4 Å². The topological polar surface area (TPSA) is 49.9 Å². The average molecular weight is 378 g/mol. The van der Waals surface area contributed by atoms with Gasteiger partial charge in [-0.15, -0.1) is 0 Å². The van der Waals surface area contributed by atoms with Gasteiger partial charge >= 0.3 is 0 Å². The lowest BCUT2D eigenvalue weighted by atomic mass is 10.0. The molecule has 1 aliphatic heterocycles. The van der Waals surface area contributed by atoms with Gasteiger partial charge in [-0.1, -0.05) is 49.4 Å². The predicted molar refractivity (Wildman–Crippen MR) is 109 cm³/mol. The Morgan fingerprint density at radius 3 is 2.18 bits per heavy atom. The van der Waals surface area contributed by atoms with E-state index in [1.165, 1.54) is 4.90 Å². The molecule has 1 heterocycles. The van der Waals surface area contributed by atoms with Crippen molar-refractivity contribution in [2.24, 2.45) is 0 Å². The van der Waals surface area contributed by atoms with Crippen LogP contribution in [0.2, 0.25) is 0 Å². The van der Waals surface area contributed by atoms with E-state index < -0.39 is 0 Å². The summed E-state index contributed by atoms with van der Waals surface area (Å²) in [5.74, 6) is 0.277. The van der Waals surface area contributed by atoms with Gasteiger partial charge in [-0.3, -0.25) is 14.5 Å². The smallest absolute Gasteiger partial charge is 0.277 e. The third-order valence-corrected chi connectivity index (χ3v) is 4.88. The highest BCUT2D eigenvalue weighted by Gasteiger charge is 2.40. The molecule has 2 aromatic carbocycles. The number of methoxy groups -OCH3 is 1. The first kappa shape index (κ1) is 19.7. The number of imide groups is 1. The minimum Gasteiger partial charge on any atom is -0.497 e. The molecule has 0 unspecified atom stereocenters. The van der Waals surface area contributed by atoms with E-state index in [4.69, 9.17) is 4.74 Å². The number of ether oxygens (including phenoxy) is 1. The van der Waals surface area contributed by atoms with Crippen LogP contribution in [0.4, 0.5) is 0 Å². The first-order valence-corrected chi connectivity index (χ1v) is 9.64. The molecule has 3 rings (SSSR count). The Labute approximate surface area is 166 Å². The number of hydrogen-bond acceptors (Lipinski definition) is 4. The van der Waals surface area contributed by atoms with Gasteiger partial charge in [0.25, 0.3) is 11.8 Å². The Balaban J connectivity index is 2.06. The Kier molecular flexibility index (Phi) is 6.14. The summed E-state index contributed by atoms with van der Waals surface area (Å²) in [7, 11) is 1.60. The monoisotopic (exact) mass is 378 g/mol. The molecule has 1 aliphatic rings. The Morgan fingerprint density at radius 2 is 1.61 bits per heavy atom. The fourth-order valence-corrected chi connectivity index (χ4v) is 3.45. The van der Waals surface area contributed by atoms with Crippen molar-refractivity contribution in [1.29, 1.82) is 0 Å². The molecular formula is C23H26N2O3. The number of carbonyl (C=O) groups is 2. The summed E-state index contributed by atoms with van der Waals surface area (Å²) < 4.78 is 5.23. The molecule has 0 atom stereocenters. The van der Waals surface area contributed by atoms with Gasteiger partial charge in [0.05, 0.1) is 12.7 Å². The molecule has 5 heteroatoms. The van der Waals surface area contributed by atoms with E-state index in [9.17, 15) is 9.59 Å². The van der Waals surface area contributed by atoms with Gasteiger partial charge in [-0.2, -0.15) is 0 Å². The van der Waals surface area contributed by atoms with Crippen LogP contribution in [0.5, 0.6) is 5.75 Å². The molecular weight excluding hydrogens is 352 g/mol. The zero-order valence-corrected chi connectivity index (χ0v) is 16.6. The van der Waals surface area contributed by atoms with Crippen LogP contribution in [0, 0.1) is 0 Å².